The second kappa shape index (κ2) is 9.87. The summed E-state index contributed by atoms with van der Waals surface area (Å²) < 4.78 is 0. The molecule has 3 N–H and O–H groups in total. The lowest BCUT2D eigenvalue weighted by molar-refractivity contribution is -0.141. The molecule has 0 heterocycles. The van der Waals surface area contributed by atoms with Crippen molar-refractivity contribution >= 4 is 17.8 Å². The maximum absolute atomic E-state index is 12.4. The Morgan fingerprint density at radius 1 is 0.897 bits per heavy atom. The van der Waals surface area contributed by atoms with Crippen molar-refractivity contribution in [3.63, 3.8) is 0 Å². The van der Waals surface area contributed by atoms with Crippen molar-refractivity contribution < 1.29 is 19.5 Å². The summed E-state index contributed by atoms with van der Waals surface area (Å²) in [5.74, 6) is -2.01. The molecule has 0 spiro atoms. The van der Waals surface area contributed by atoms with E-state index in [1.54, 1.807) is 24.3 Å². The van der Waals surface area contributed by atoms with Gasteiger partial charge in [0.15, 0.2) is 0 Å². The third-order valence-electron chi connectivity index (χ3n) is 4.53. The standard InChI is InChI=1S/C23H28N2O4/c1-23(2,3)22(29)25-14-17-9-11-18(12-10-17)20(26)24-15-19(21(27)28)13-16-7-5-4-6-8-16/h4-12,19H,13-15H2,1-3H3,(H,24,26)(H,25,29)(H,27,28). The van der Waals surface area contributed by atoms with Gasteiger partial charge in [-0.25, -0.2) is 0 Å². The van der Waals surface area contributed by atoms with Crippen LogP contribution < -0.4 is 10.6 Å². The first kappa shape index (κ1) is 22.1. The molecule has 0 saturated heterocycles. The molecule has 0 aromatic heterocycles. The number of amides is 2. The molecule has 0 bridgehead atoms. The molecule has 2 amide bonds. The summed E-state index contributed by atoms with van der Waals surface area (Å²) in [6.45, 7) is 5.97. The summed E-state index contributed by atoms with van der Waals surface area (Å²) in [7, 11) is 0. The first-order valence-electron chi connectivity index (χ1n) is 9.59. The summed E-state index contributed by atoms with van der Waals surface area (Å²) in [4.78, 5) is 35.8. The van der Waals surface area contributed by atoms with Gasteiger partial charge < -0.3 is 15.7 Å². The maximum Gasteiger partial charge on any atom is 0.308 e. The van der Waals surface area contributed by atoms with E-state index in [0.717, 1.165) is 11.1 Å². The van der Waals surface area contributed by atoms with Gasteiger partial charge in [0.1, 0.15) is 0 Å². The van der Waals surface area contributed by atoms with E-state index in [9.17, 15) is 19.5 Å². The molecular weight excluding hydrogens is 368 g/mol. The molecule has 6 heteroatoms. The molecule has 6 nitrogen and oxygen atoms in total. The van der Waals surface area contributed by atoms with Crippen LogP contribution in [0.4, 0.5) is 0 Å². The Labute approximate surface area is 171 Å². The average molecular weight is 396 g/mol. The molecule has 2 aromatic carbocycles. The third-order valence-corrected chi connectivity index (χ3v) is 4.53. The third kappa shape index (κ3) is 7.07. The molecular formula is C23H28N2O4. The zero-order valence-electron chi connectivity index (χ0n) is 17.1. The number of carbonyl (C=O) groups excluding carboxylic acids is 2. The summed E-state index contributed by atoms with van der Waals surface area (Å²) in [5, 5.41) is 15.0. The molecule has 0 radical (unpaired) electrons. The number of aliphatic carboxylic acids is 1. The van der Waals surface area contributed by atoms with Crippen molar-refractivity contribution in [2.45, 2.75) is 33.7 Å². The van der Waals surface area contributed by atoms with Crippen molar-refractivity contribution in [3.05, 3.63) is 71.3 Å². The zero-order valence-corrected chi connectivity index (χ0v) is 17.1. The molecule has 2 aromatic rings. The smallest absolute Gasteiger partial charge is 0.308 e. The SMILES string of the molecule is CC(C)(C)C(=O)NCc1ccc(C(=O)NCC(Cc2ccccc2)C(=O)O)cc1. The van der Waals surface area contributed by atoms with Gasteiger partial charge in [0.2, 0.25) is 5.91 Å². The molecule has 0 aliphatic carbocycles. The molecule has 154 valence electrons. The van der Waals surface area contributed by atoms with E-state index in [0.29, 0.717) is 18.5 Å². The quantitative estimate of drug-likeness (QED) is 0.639. The van der Waals surface area contributed by atoms with Gasteiger partial charge in [-0.3, -0.25) is 14.4 Å². The van der Waals surface area contributed by atoms with Gasteiger partial charge >= 0.3 is 5.97 Å². The van der Waals surface area contributed by atoms with Gasteiger partial charge in [0, 0.05) is 24.1 Å². The molecule has 29 heavy (non-hydrogen) atoms. The van der Waals surface area contributed by atoms with Crippen LogP contribution in [0.5, 0.6) is 0 Å². The number of rotatable bonds is 8. The number of carboxylic acid groups (broad SMARTS) is 1. The van der Waals surface area contributed by atoms with E-state index in [4.69, 9.17) is 0 Å². The molecule has 1 atom stereocenters. The van der Waals surface area contributed by atoms with Gasteiger partial charge in [-0.2, -0.15) is 0 Å². The van der Waals surface area contributed by atoms with Crippen LogP contribution in [0.15, 0.2) is 54.6 Å². The fraction of sp³-hybridized carbons (Fsp3) is 0.348. The van der Waals surface area contributed by atoms with Gasteiger partial charge in [0.25, 0.3) is 5.91 Å². The minimum absolute atomic E-state index is 0.0440. The number of benzene rings is 2. The van der Waals surface area contributed by atoms with Crippen molar-refractivity contribution in [1.82, 2.24) is 10.6 Å². The van der Waals surface area contributed by atoms with E-state index in [1.165, 1.54) is 0 Å². The van der Waals surface area contributed by atoms with Crippen LogP contribution in [-0.4, -0.2) is 29.4 Å². The minimum atomic E-state index is -0.945. The Morgan fingerprint density at radius 2 is 1.52 bits per heavy atom. The van der Waals surface area contributed by atoms with E-state index in [1.807, 2.05) is 51.1 Å². The van der Waals surface area contributed by atoms with Crippen LogP contribution >= 0.6 is 0 Å². The number of carbonyl (C=O) groups is 3. The lowest BCUT2D eigenvalue weighted by Crippen LogP contribution is -2.34. The Bertz CT molecular complexity index is 839. The zero-order chi connectivity index (χ0) is 21.4. The first-order chi connectivity index (χ1) is 13.7. The molecule has 0 fully saturated rings. The van der Waals surface area contributed by atoms with Crippen LogP contribution in [0.1, 0.15) is 42.3 Å². The Hall–Kier alpha value is -3.15. The van der Waals surface area contributed by atoms with Crippen LogP contribution in [0.3, 0.4) is 0 Å². The predicted molar refractivity (Wildman–Crippen MR) is 111 cm³/mol. The highest BCUT2D eigenvalue weighted by Gasteiger charge is 2.21. The first-order valence-corrected chi connectivity index (χ1v) is 9.59. The van der Waals surface area contributed by atoms with E-state index in [2.05, 4.69) is 10.6 Å². The van der Waals surface area contributed by atoms with Gasteiger partial charge in [-0.15, -0.1) is 0 Å². The Balaban J connectivity index is 1.89. The molecule has 2 rings (SSSR count). The maximum atomic E-state index is 12.4. The van der Waals surface area contributed by atoms with E-state index in [-0.39, 0.29) is 18.4 Å². The van der Waals surface area contributed by atoms with Gasteiger partial charge in [-0.05, 0) is 29.7 Å². The van der Waals surface area contributed by atoms with Gasteiger partial charge in [-0.1, -0.05) is 63.2 Å². The Kier molecular flexibility index (Phi) is 7.53. The Morgan fingerprint density at radius 3 is 2.07 bits per heavy atom. The summed E-state index contributed by atoms with van der Waals surface area (Å²) in [6, 6.07) is 16.2. The summed E-state index contributed by atoms with van der Waals surface area (Å²) >= 11 is 0. The summed E-state index contributed by atoms with van der Waals surface area (Å²) in [6.07, 6.45) is 0.350. The van der Waals surface area contributed by atoms with Crippen LogP contribution in [0.2, 0.25) is 0 Å². The highest BCUT2D eigenvalue weighted by Crippen LogP contribution is 2.13. The summed E-state index contributed by atoms with van der Waals surface area (Å²) in [5.41, 5.74) is 1.78. The van der Waals surface area contributed by atoms with Crippen molar-refractivity contribution in [2.24, 2.45) is 11.3 Å². The molecule has 0 saturated carbocycles. The molecule has 0 aliphatic heterocycles. The van der Waals surface area contributed by atoms with Crippen molar-refractivity contribution in [3.8, 4) is 0 Å². The number of nitrogens with one attached hydrogen (secondary N) is 2. The monoisotopic (exact) mass is 396 g/mol. The predicted octanol–water partition coefficient (Wildman–Crippen LogP) is 3.02. The highest BCUT2D eigenvalue weighted by atomic mass is 16.4. The highest BCUT2D eigenvalue weighted by molar-refractivity contribution is 5.94. The second-order valence-electron chi connectivity index (χ2n) is 8.06. The normalized spacial score (nSPS) is 12.1. The van der Waals surface area contributed by atoms with Crippen molar-refractivity contribution in [1.29, 1.82) is 0 Å². The lowest BCUT2D eigenvalue weighted by Gasteiger charge is -2.17. The van der Waals surface area contributed by atoms with Crippen LogP contribution in [-0.2, 0) is 22.6 Å². The molecule has 1 unspecified atom stereocenters. The van der Waals surface area contributed by atoms with Gasteiger partial charge in [0.05, 0.1) is 5.92 Å². The topological polar surface area (TPSA) is 95.5 Å². The lowest BCUT2D eigenvalue weighted by atomic mass is 9.95. The average Bonchev–Trinajstić information content (AvgIpc) is 2.69. The fourth-order valence-electron chi connectivity index (χ4n) is 2.68. The molecule has 0 aliphatic rings. The minimum Gasteiger partial charge on any atom is -0.481 e. The van der Waals surface area contributed by atoms with Crippen molar-refractivity contribution in [2.75, 3.05) is 6.54 Å². The largest absolute Gasteiger partial charge is 0.481 e. The van der Waals surface area contributed by atoms with Crippen LogP contribution in [0, 0.1) is 11.3 Å². The number of hydrogen-bond donors (Lipinski definition) is 3. The van der Waals surface area contributed by atoms with Crippen LogP contribution in [0.25, 0.3) is 0 Å². The van der Waals surface area contributed by atoms with E-state index >= 15 is 0 Å². The number of carboxylic acids is 1. The van der Waals surface area contributed by atoms with E-state index < -0.39 is 17.3 Å². The second-order valence-corrected chi connectivity index (χ2v) is 8.06. The fourth-order valence-corrected chi connectivity index (χ4v) is 2.68. The number of hydrogen-bond acceptors (Lipinski definition) is 3.